The van der Waals surface area contributed by atoms with Gasteiger partial charge >= 0.3 is 0 Å². The molecule has 1 aliphatic heterocycles. The largest absolute Gasteiger partial charge is 0.151 e. The van der Waals surface area contributed by atoms with Crippen LogP contribution in [0, 0.1) is 0 Å². The van der Waals surface area contributed by atoms with E-state index in [1.54, 1.807) is 0 Å². The third-order valence-electron chi connectivity index (χ3n) is 7.63. The van der Waals surface area contributed by atoms with Crippen LogP contribution in [0.1, 0.15) is 22.5 Å². The van der Waals surface area contributed by atoms with Crippen LogP contribution in [0.25, 0.3) is 43.3 Å². The van der Waals surface area contributed by atoms with Crippen LogP contribution in [0.3, 0.4) is 0 Å². The van der Waals surface area contributed by atoms with Gasteiger partial charge in [0.2, 0.25) is 0 Å². The second-order valence-electron chi connectivity index (χ2n) is 10.4. The number of hydrogen-bond acceptors (Lipinski definition) is 4. The Morgan fingerprint density at radius 1 is 0.436 bits per heavy atom. The Morgan fingerprint density at radius 3 is 1.26 bits per heavy atom. The minimum absolute atomic E-state index is 0.900. The van der Waals surface area contributed by atoms with Crippen molar-refractivity contribution in [1.82, 2.24) is 20.4 Å². The fourth-order valence-corrected chi connectivity index (χ4v) is 9.46. The quantitative estimate of drug-likeness (QED) is 0.223. The molecule has 0 aliphatic carbocycles. The highest BCUT2D eigenvalue weighted by molar-refractivity contribution is 7.13. The van der Waals surface area contributed by atoms with Crippen molar-refractivity contribution in [3.05, 3.63) is 144 Å². The smallest absolute Gasteiger partial charge is 0.119 e. The Labute approximate surface area is 228 Å². The number of benzene rings is 4. The summed E-state index contributed by atoms with van der Waals surface area (Å²) >= 11 is 0. The van der Waals surface area contributed by atoms with Crippen LogP contribution in [-0.2, 0) is 0 Å². The normalized spacial score (nSPS) is 14.9. The molecule has 39 heavy (non-hydrogen) atoms. The zero-order chi connectivity index (χ0) is 26.4. The standard InChI is InChI=1S/C34H26N4Si/c1-39(2)33(29-21-25-17-9-11-19-27(25)35-37-29)31(23-13-5-3-6-14-23)32(24-15-7-4-8-16-24)34(39)30-22-26-18-10-12-20-28(26)36-38-30/h3-22H,1-2H3. The van der Waals surface area contributed by atoms with E-state index < -0.39 is 8.07 Å². The lowest BCUT2D eigenvalue weighted by Gasteiger charge is -2.25. The van der Waals surface area contributed by atoms with Crippen molar-refractivity contribution in [1.29, 1.82) is 0 Å². The van der Waals surface area contributed by atoms with E-state index in [9.17, 15) is 0 Å². The predicted octanol–water partition coefficient (Wildman–Crippen LogP) is 7.90. The van der Waals surface area contributed by atoms with E-state index in [0.29, 0.717) is 0 Å². The number of fused-ring (bicyclic) bond motifs is 2. The molecule has 0 saturated carbocycles. The minimum Gasteiger partial charge on any atom is -0.151 e. The summed E-state index contributed by atoms with van der Waals surface area (Å²) in [5.74, 6) is 0. The van der Waals surface area contributed by atoms with Crippen molar-refractivity contribution in [2.45, 2.75) is 13.1 Å². The lowest BCUT2D eigenvalue weighted by molar-refractivity contribution is 1.05. The highest BCUT2D eigenvalue weighted by Gasteiger charge is 2.45. The third kappa shape index (κ3) is 3.90. The van der Waals surface area contributed by atoms with Crippen molar-refractivity contribution >= 4 is 51.4 Å². The first-order valence-electron chi connectivity index (χ1n) is 13.2. The molecule has 3 heterocycles. The zero-order valence-corrected chi connectivity index (χ0v) is 22.8. The first-order chi connectivity index (χ1) is 19.1. The van der Waals surface area contributed by atoms with E-state index in [1.165, 1.54) is 32.7 Å². The number of nitrogens with zero attached hydrogens (tertiary/aromatic N) is 4. The van der Waals surface area contributed by atoms with Crippen LogP contribution < -0.4 is 0 Å². The van der Waals surface area contributed by atoms with Gasteiger partial charge in [-0.25, -0.2) is 0 Å². The number of allylic oxidation sites excluding steroid dienone is 2. The van der Waals surface area contributed by atoms with Gasteiger partial charge in [0.25, 0.3) is 0 Å². The Hall–Kier alpha value is -4.74. The van der Waals surface area contributed by atoms with Gasteiger partial charge in [0.15, 0.2) is 0 Å². The topological polar surface area (TPSA) is 51.6 Å². The van der Waals surface area contributed by atoms with Crippen LogP contribution in [-0.4, -0.2) is 28.5 Å². The van der Waals surface area contributed by atoms with E-state index in [-0.39, 0.29) is 0 Å². The Kier molecular flexibility index (Phi) is 5.53. The van der Waals surface area contributed by atoms with Crippen LogP contribution in [0.5, 0.6) is 0 Å². The Balaban J connectivity index is 1.59. The van der Waals surface area contributed by atoms with Crippen molar-refractivity contribution < 1.29 is 0 Å². The van der Waals surface area contributed by atoms with Gasteiger partial charge in [-0.2, -0.15) is 10.2 Å². The maximum absolute atomic E-state index is 4.83. The van der Waals surface area contributed by atoms with Gasteiger partial charge in [-0.3, -0.25) is 0 Å². The van der Waals surface area contributed by atoms with E-state index in [2.05, 4.69) is 120 Å². The number of hydrogen-bond donors (Lipinski definition) is 0. The van der Waals surface area contributed by atoms with E-state index in [0.717, 1.165) is 33.2 Å². The molecule has 2 aromatic heterocycles. The number of rotatable bonds is 4. The third-order valence-corrected chi connectivity index (χ3v) is 11.1. The maximum Gasteiger partial charge on any atom is 0.119 e. The summed E-state index contributed by atoms with van der Waals surface area (Å²) in [6.07, 6.45) is 0. The summed E-state index contributed by atoms with van der Waals surface area (Å²) in [5.41, 5.74) is 8.44. The molecule has 7 rings (SSSR count). The van der Waals surface area contributed by atoms with Crippen LogP contribution in [0.15, 0.2) is 121 Å². The SMILES string of the molecule is C[Si]1(C)C(c2cc3ccccc3nn2)=C(c2ccccc2)C(c2ccccc2)=C1c1cc2ccccc2nn1. The molecule has 0 spiro atoms. The molecular formula is C34H26N4Si. The van der Waals surface area contributed by atoms with Gasteiger partial charge in [-0.15, -0.1) is 10.2 Å². The van der Waals surface area contributed by atoms with Crippen molar-refractivity contribution in [2.75, 3.05) is 0 Å². The molecular weight excluding hydrogens is 492 g/mol. The lowest BCUT2D eigenvalue weighted by Crippen LogP contribution is -2.29. The van der Waals surface area contributed by atoms with Crippen LogP contribution in [0.4, 0.5) is 0 Å². The molecule has 6 aromatic rings. The van der Waals surface area contributed by atoms with Gasteiger partial charge in [0, 0.05) is 10.8 Å². The summed E-state index contributed by atoms with van der Waals surface area (Å²) in [6.45, 7) is 4.81. The summed E-state index contributed by atoms with van der Waals surface area (Å²) in [5, 5.41) is 23.7. The Morgan fingerprint density at radius 2 is 0.821 bits per heavy atom. The second-order valence-corrected chi connectivity index (χ2v) is 14.7. The van der Waals surface area contributed by atoms with Crippen LogP contribution in [0.2, 0.25) is 13.1 Å². The van der Waals surface area contributed by atoms with Gasteiger partial charge in [-0.1, -0.05) is 110 Å². The van der Waals surface area contributed by atoms with Gasteiger partial charge in [0.05, 0.1) is 22.4 Å². The highest BCUT2D eigenvalue weighted by atomic mass is 28.3. The van der Waals surface area contributed by atoms with E-state index in [4.69, 9.17) is 10.2 Å². The molecule has 1 aliphatic rings. The van der Waals surface area contributed by atoms with Crippen LogP contribution >= 0.6 is 0 Å². The first-order valence-corrected chi connectivity index (χ1v) is 16.2. The highest BCUT2D eigenvalue weighted by Crippen LogP contribution is 2.55. The molecule has 4 nitrogen and oxygen atoms in total. The molecule has 0 bridgehead atoms. The molecule has 0 atom stereocenters. The Bertz CT molecular complexity index is 1790. The fourth-order valence-electron chi connectivity index (χ4n) is 5.90. The minimum atomic E-state index is -2.39. The van der Waals surface area contributed by atoms with Gasteiger partial charge in [0.1, 0.15) is 8.07 Å². The fraction of sp³-hybridized carbons (Fsp3) is 0.0588. The summed E-state index contributed by atoms with van der Waals surface area (Å²) in [4.78, 5) is 0. The zero-order valence-electron chi connectivity index (χ0n) is 21.8. The van der Waals surface area contributed by atoms with Gasteiger partial charge < -0.3 is 0 Å². The molecule has 0 unspecified atom stereocenters. The second kappa shape index (κ2) is 9.22. The van der Waals surface area contributed by atoms with Crippen molar-refractivity contribution in [3.8, 4) is 0 Å². The first kappa shape index (κ1) is 23.4. The summed E-state index contributed by atoms with van der Waals surface area (Å²) in [6, 6.07) is 42.1. The average molecular weight is 519 g/mol. The molecule has 186 valence electrons. The van der Waals surface area contributed by atoms with Gasteiger partial charge in [-0.05, 0) is 56.9 Å². The molecule has 0 fully saturated rings. The molecule has 0 N–H and O–H groups in total. The molecule has 4 aromatic carbocycles. The maximum atomic E-state index is 4.83. The lowest BCUT2D eigenvalue weighted by atomic mass is 9.90. The molecule has 5 heteroatoms. The molecule has 0 saturated heterocycles. The monoisotopic (exact) mass is 518 g/mol. The van der Waals surface area contributed by atoms with E-state index >= 15 is 0 Å². The summed E-state index contributed by atoms with van der Waals surface area (Å²) < 4.78 is 0. The average Bonchev–Trinajstić information content (AvgIpc) is 3.24. The van der Waals surface area contributed by atoms with Crippen molar-refractivity contribution in [2.24, 2.45) is 0 Å². The van der Waals surface area contributed by atoms with Crippen molar-refractivity contribution in [3.63, 3.8) is 0 Å². The molecule has 0 amide bonds. The summed E-state index contributed by atoms with van der Waals surface area (Å²) in [7, 11) is -2.39. The molecule has 0 radical (unpaired) electrons. The van der Waals surface area contributed by atoms with E-state index in [1.807, 2.05) is 24.3 Å². The predicted molar refractivity (Wildman–Crippen MR) is 163 cm³/mol. The number of aromatic nitrogens is 4.